The van der Waals surface area contributed by atoms with Gasteiger partial charge in [-0.05, 0) is 30.2 Å². The van der Waals surface area contributed by atoms with Gasteiger partial charge in [-0.15, -0.1) is 0 Å². The quantitative estimate of drug-likeness (QED) is 0.867. The second kappa shape index (κ2) is 5.17. The van der Waals surface area contributed by atoms with Gasteiger partial charge >= 0.3 is 0 Å². The molecule has 3 rings (SSSR count). The summed E-state index contributed by atoms with van der Waals surface area (Å²) in [5, 5.41) is 11.3. The highest BCUT2D eigenvalue weighted by atomic mass is 16.3. The van der Waals surface area contributed by atoms with Crippen molar-refractivity contribution in [2.45, 2.75) is 45.6 Å². The van der Waals surface area contributed by atoms with E-state index < -0.39 is 11.5 Å². The summed E-state index contributed by atoms with van der Waals surface area (Å²) in [6.07, 6.45) is 1.83. The smallest absolute Gasteiger partial charge is 0.264 e. The highest BCUT2D eigenvalue weighted by Gasteiger charge is 2.57. The maximum Gasteiger partial charge on any atom is 0.264 e. The number of anilines is 1. The summed E-state index contributed by atoms with van der Waals surface area (Å²) in [6, 6.07) is 7.24. The average Bonchev–Trinajstić information content (AvgIpc) is 2.70. The molecule has 23 heavy (non-hydrogen) atoms. The van der Waals surface area contributed by atoms with Crippen molar-refractivity contribution in [3.05, 3.63) is 29.8 Å². The van der Waals surface area contributed by atoms with Gasteiger partial charge < -0.3 is 10.0 Å². The molecule has 0 aromatic heterocycles. The molecule has 1 aliphatic heterocycles. The zero-order valence-electron chi connectivity index (χ0n) is 14.3. The lowest BCUT2D eigenvalue weighted by molar-refractivity contribution is -0.154. The second-order valence-electron chi connectivity index (χ2n) is 8.00. The molecule has 0 bridgehead atoms. The number of aliphatic hydroxyl groups is 1. The number of amides is 1. The Labute approximate surface area is 137 Å². The van der Waals surface area contributed by atoms with Gasteiger partial charge in [-0.1, -0.05) is 39.0 Å². The Morgan fingerprint density at radius 2 is 1.87 bits per heavy atom. The van der Waals surface area contributed by atoms with Crippen molar-refractivity contribution in [3.63, 3.8) is 0 Å². The van der Waals surface area contributed by atoms with Crippen LogP contribution >= 0.6 is 0 Å². The standard InChI is InChI=1S/C19H25NO3/c1-18(2,3)12-9-10-16(21)14(11-12)19(23)13-7-5-6-8-15(13)20(4)17(19)22/h5-8,12,14,23H,9-11H2,1-4H3/t12-,14-,19-/m1/s1. The molecule has 0 radical (unpaired) electrons. The molecule has 4 nitrogen and oxygen atoms in total. The first-order chi connectivity index (χ1) is 10.7. The Bertz CT molecular complexity index is 661. The molecule has 1 fully saturated rings. The number of likely N-dealkylation sites (N-methyl/N-ethyl adjacent to an activating group) is 1. The van der Waals surface area contributed by atoms with Gasteiger partial charge in [0.2, 0.25) is 0 Å². The number of ketones is 1. The molecule has 3 atom stereocenters. The Hall–Kier alpha value is -1.68. The molecule has 4 heteroatoms. The van der Waals surface area contributed by atoms with Crippen LogP contribution in [0.15, 0.2) is 24.3 Å². The van der Waals surface area contributed by atoms with Gasteiger partial charge in [0.25, 0.3) is 5.91 Å². The van der Waals surface area contributed by atoms with Gasteiger partial charge in [0.1, 0.15) is 5.78 Å². The molecular formula is C19H25NO3. The molecule has 2 aliphatic rings. The minimum absolute atomic E-state index is 0.00598. The third-order valence-corrected chi connectivity index (χ3v) is 5.68. The van der Waals surface area contributed by atoms with Crippen LogP contribution in [-0.4, -0.2) is 23.8 Å². The summed E-state index contributed by atoms with van der Waals surface area (Å²) in [5.74, 6) is -0.711. The third kappa shape index (κ3) is 2.31. The van der Waals surface area contributed by atoms with Crippen LogP contribution < -0.4 is 4.90 Å². The number of nitrogens with zero attached hydrogens (tertiary/aromatic N) is 1. The van der Waals surface area contributed by atoms with Crippen molar-refractivity contribution >= 4 is 17.4 Å². The van der Waals surface area contributed by atoms with Gasteiger partial charge in [-0.2, -0.15) is 0 Å². The van der Waals surface area contributed by atoms with E-state index in [0.29, 0.717) is 30.0 Å². The van der Waals surface area contributed by atoms with Crippen molar-refractivity contribution in [2.75, 3.05) is 11.9 Å². The van der Waals surface area contributed by atoms with Crippen molar-refractivity contribution in [1.29, 1.82) is 0 Å². The van der Waals surface area contributed by atoms with E-state index in [-0.39, 0.29) is 17.1 Å². The second-order valence-corrected chi connectivity index (χ2v) is 8.00. The Morgan fingerprint density at radius 3 is 2.52 bits per heavy atom. The summed E-state index contributed by atoms with van der Waals surface area (Å²) in [7, 11) is 1.66. The molecule has 1 saturated carbocycles. The minimum atomic E-state index is -1.72. The number of Topliss-reactive ketones (excluding diaryl/α,β-unsaturated/α-hetero) is 1. The number of fused-ring (bicyclic) bond motifs is 1. The van der Waals surface area contributed by atoms with E-state index >= 15 is 0 Å². The van der Waals surface area contributed by atoms with Crippen molar-refractivity contribution < 1.29 is 14.7 Å². The normalized spacial score (nSPS) is 31.4. The summed E-state index contributed by atoms with van der Waals surface area (Å²) < 4.78 is 0. The third-order valence-electron chi connectivity index (χ3n) is 5.68. The molecule has 124 valence electrons. The monoisotopic (exact) mass is 315 g/mol. The van der Waals surface area contributed by atoms with Crippen LogP contribution in [0, 0.1) is 17.3 Å². The number of carbonyl (C=O) groups excluding carboxylic acids is 2. The lowest BCUT2D eigenvalue weighted by atomic mass is 9.63. The lowest BCUT2D eigenvalue weighted by Crippen LogP contribution is -2.50. The number of carbonyl (C=O) groups is 2. The number of benzene rings is 1. The Kier molecular flexibility index (Phi) is 3.64. The van der Waals surface area contributed by atoms with E-state index in [4.69, 9.17) is 0 Å². The van der Waals surface area contributed by atoms with Gasteiger partial charge in [0, 0.05) is 19.0 Å². The zero-order chi connectivity index (χ0) is 17.0. The molecular weight excluding hydrogens is 290 g/mol. The highest BCUT2D eigenvalue weighted by molar-refractivity contribution is 6.09. The zero-order valence-corrected chi connectivity index (χ0v) is 14.3. The van der Waals surface area contributed by atoms with E-state index in [1.165, 1.54) is 4.90 Å². The topological polar surface area (TPSA) is 57.6 Å². The molecule has 0 spiro atoms. The molecule has 0 unspecified atom stereocenters. The highest BCUT2D eigenvalue weighted by Crippen LogP contribution is 2.50. The Balaban J connectivity index is 2.05. The fraction of sp³-hybridized carbons (Fsp3) is 0.579. The van der Waals surface area contributed by atoms with Crippen molar-refractivity contribution in [1.82, 2.24) is 0 Å². The van der Waals surface area contributed by atoms with Crippen LogP contribution in [0.2, 0.25) is 0 Å². The van der Waals surface area contributed by atoms with E-state index in [1.54, 1.807) is 13.1 Å². The number of para-hydroxylation sites is 1. The molecule has 1 amide bonds. The molecule has 1 N–H and O–H groups in total. The van der Waals surface area contributed by atoms with E-state index in [9.17, 15) is 14.7 Å². The molecule has 1 aromatic carbocycles. The fourth-order valence-electron chi connectivity index (χ4n) is 4.12. The maximum absolute atomic E-state index is 12.8. The Morgan fingerprint density at radius 1 is 1.22 bits per heavy atom. The first kappa shape index (κ1) is 16.2. The van der Waals surface area contributed by atoms with Crippen LogP contribution in [0.3, 0.4) is 0 Å². The van der Waals surface area contributed by atoms with Gasteiger partial charge in [0.05, 0.1) is 11.6 Å². The average molecular weight is 315 g/mol. The summed E-state index contributed by atoms with van der Waals surface area (Å²) in [6.45, 7) is 6.47. The number of hydrogen-bond donors (Lipinski definition) is 1. The molecule has 1 aliphatic carbocycles. The van der Waals surface area contributed by atoms with Crippen LogP contribution in [0.1, 0.15) is 45.6 Å². The lowest BCUT2D eigenvalue weighted by Gasteiger charge is -2.41. The van der Waals surface area contributed by atoms with Gasteiger partial charge in [-0.25, -0.2) is 0 Å². The molecule has 1 heterocycles. The summed E-state index contributed by atoms with van der Waals surface area (Å²) >= 11 is 0. The van der Waals surface area contributed by atoms with Crippen molar-refractivity contribution in [2.24, 2.45) is 17.3 Å². The summed E-state index contributed by atoms with van der Waals surface area (Å²) in [4.78, 5) is 26.9. The van der Waals surface area contributed by atoms with Crippen LogP contribution in [0.25, 0.3) is 0 Å². The first-order valence-electron chi connectivity index (χ1n) is 8.30. The van der Waals surface area contributed by atoms with Crippen LogP contribution in [0.5, 0.6) is 0 Å². The fourth-order valence-corrected chi connectivity index (χ4v) is 4.12. The SMILES string of the molecule is CN1C(=O)[C@](O)([C@@H]2C[C@H](C(C)(C)C)CCC2=O)c2ccccc21. The van der Waals surface area contributed by atoms with Gasteiger partial charge in [-0.3, -0.25) is 9.59 Å². The molecule has 0 saturated heterocycles. The number of hydrogen-bond acceptors (Lipinski definition) is 3. The largest absolute Gasteiger partial charge is 0.375 e. The maximum atomic E-state index is 12.8. The van der Waals surface area contributed by atoms with Crippen LogP contribution in [0.4, 0.5) is 5.69 Å². The number of rotatable bonds is 1. The predicted octanol–water partition coefficient (Wildman–Crippen LogP) is 2.88. The predicted molar refractivity (Wildman–Crippen MR) is 89.0 cm³/mol. The van der Waals surface area contributed by atoms with Gasteiger partial charge in [0.15, 0.2) is 5.60 Å². The van der Waals surface area contributed by atoms with E-state index in [0.717, 1.165) is 6.42 Å². The molecule has 1 aromatic rings. The minimum Gasteiger partial charge on any atom is -0.375 e. The van der Waals surface area contributed by atoms with Crippen molar-refractivity contribution in [3.8, 4) is 0 Å². The first-order valence-corrected chi connectivity index (χ1v) is 8.30. The van der Waals surface area contributed by atoms with E-state index in [2.05, 4.69) is 20.8 Å². The summed E-state index contributed by atoms with van der Waals surface area (Å²) in [5.41, 5.74) is -0.388. The van der Waals surface area contributed by atoms with Crippen LogP contribution in [-0.2, 0) is 15.2 Å². The van der Waals surface area contributed by atoms with E-state index in [1.807, 2.05) is 18.2 Å².